The quantitative estimate of drug-likeness (QED) is 0.778. The number of nitrogens with one attached hydrogen (secondary N) is 2. The van der Waals surface area contributed by atoms with Crippen molar-refractivity contribution < 1.29 is 17.9 Å². The summed E-state index contributed by atoms with van der Waals surface area (Å²) in [4.78, 5) is 12.1. The van der Waals surface area contributed by atoms with E-state index in [1.807, 2.05) is 6.92 Å². The highest BCUT2D eigenvalue weighted by Crippen LogP contribution is 2.12. The van der Waals surface area contributed by atoms with Crippen molar-refractivity contribution >= 4 is 15.9 Å². The standard InChI is InChI=1S/C13H20N2O4S/c1-4-11(9-14-20(3,17)18)15-13(16)10-6-5-7-12(8-10)19-2/h5-8,11,14H,4,9H2,1-3H3,(H,15,16)/t11-/m1/s1. The number of hydrogen-bond donors (Lipinski definition) is 2. The molecule has 112 valence electrons. The van der Waals surface area contributed by atoms with E-state index in [-0.39, 0.29) is 18.5 Å². The van der Waals surface area contributed by atoms with Crippen LogP contribution in [0.25, 0.3) is 0 Å². The van der Waals surface area contributed by atoms with Crippen LogP contribution in [-0.2, 0) is 10.0 Å². The van der Waals surface area contributed by atoms with E-state index in [2.05, 4.69) is 10.0 Å². The van der Waals surface area contributed by atoms with Crippen LogP contribution >= 0.6 is 0 Å². The molecule has 0 heterocycles. The predicted molar refractivity (Wildman–Crippen MR) is 77.4 cm³/mol. The average molecular weight is 300 g/mol. The van der Waals surface area contributed by atoms with Crippen LogP contribution in [0, 0.1) is 0 Å². The van der Waals surface area contributed by atoms with Gasteiger partial charge in [-0.25, -0.2) is 13.1 Å². The van der Waals surface area contributed by atoms with Gasteiger partial charge in [-0.1, -0.05) is 13.0 Å². The summed E-state index contributed by atoms with van der Waals surface area (Å²) < 4.78 is 29.5. The van der Waals surface area contributed by atoms with Gasteiger partial charge in [0.2, 0.25) is 10.0 Å². The third kappa shape index (κ3) is 5.58. The Balaban J connectivity index is 2.66. The van der Waals surface area contributed by atoms with Crippen LogP contribution in [0.15, 0.2) is 24.3 Å². The van der Waals surface area contributed by atoms with E-state index in [4.69, 9.17) is 4.74 Å². The van der Waals surface area contributed by atoms with Gasteiger partial charge in [0, 0.05) is 18.2 Å². The second-order valence-corrected chi connectivity index (χ2v) is 6.26. The van der Waals surface area contributed by atoms with Crippen molar-refractivity contribution in [1.29, 1.82) is 0 Å². The largest absolute Gasteiger partial charge is 0.497 e. The van der Waals surface area contributed by atoms with Crippen LogP contribution in [0.2, 0.25) is 0 Å². The van der Waals surface area contributed by atoms with Crippen LogP contribution in [0.5, 0.6) is 5.75 Å². The number of amides is 1. The van der Waals surface area contributed by atoms with Crippen LogP contribution < -0.4 is 14.8 Å². The molecule has 7 heteroatoms. The van der Waals surface area contributed by atoms with Gasteiger partial charge in [-0.15, -0.1) is 0 Å². The molecular formula is C13H20N2O4S. The number of methoxy groups -OCH3 is 1. The zero-order valence-electron chi connectivity index (χ0n) is 11.8. The van der Waals surface area contributed by atoms with E-state index in [0.29, 0.717) is 17.7 Å². The van der Waals surface area contributed by atoms with Gasteiger partial charge in [-0.05, 0) is 24.6 Å². The molecule has 0 spiro atoms. The summed E-state index contributed by atoms with van der Waals surface area (Å²) in [5.41, 5.74) is 0.474. The van der Waals surface area contributed by atoms with Crippen LogP contribution in [-0.4, -0.2) is 40.3 Å². The monoisotopic (exact) mass is 300 g/mol. The fourth-order valence-electron chi connectivity index (χ4n) is 1.58. The zero-order valence-corrected chi connectivity index (χ0v) is 12.7. The molecule has 0 fully saturated rings. The van der Waals surface area contributed by atoms with Gasteiger partial charge in [0.25, 0.3) is 5.91 Å². The molecule has 0 aliphatic carbocycles. The Morgan fingerprint density at radius 2 is 2.10 bits per heavy atom. The van der Waals surface area contributed by atoms with E-state index in [0.717, 1.165) is 6.26 Å². The first-order chi connectivity index (χ1) is 9.35. The van der Waals surface area contributed by atoms with E-state index >= 15 is 0 Å². The number of hydrogen-bond acceptors (Lipinski definition) is 4. The highest BCUT2D eigenvalue weighted by Gasteiger charge is 2.14. The van der Waals surface area contributed by atoms with Crippen molar-refractivity contribution in [1.82, 2.24) is 10.0 Å². The molecule has 0 radical (unpaired) electrons. The maximum Gasteiger partial charge on any atom is 0.251 e. The van der Waals surface area contributed by atoms with Crippen molar-refractivity contribution in [3.05, 3.63) is 29.8 Å². The van der Waals surface area contributed by atoms with Crippen LogP contribution in [0.3, 0.4) is 0 Å². The van der Waals surface area contributed by atoms with Crippen molar-refractivity contribution in [3.63, 3.8) is 0 Å². The first kappa shape index (κ1) is 16.5. The molecule has 1 aromatic carbocycles. The third-order valence-electron chi connectivity index (χ3n) is 2.75. The zero-order chi connectivity index (χ0) is 15.2. The normalized spacial score (nSPS) is 12.8. The number of carbonyl (C=O) groups is 1. The Bertz CT molecular complexity index is 557. The highest BCUT2D eigenvalue weighted by atomic mass is 32.2. The third-order valence-corrected chi connectivity index (χ3v) is 3.44. The molecule has 0 saturated carbocycles. The molecule has 6 nitrogen and oxygen atoms in total. The molecule has 1 aromatic rings. The van der Waals surface area contributed by atoms with E-state index in [1.54, 1.807) is 24.3 Å². The molecule has 0 aliphatic rings. The number of sulfonamides is 1. The highest BCUT2D eigenvalue weighted by molar-refractivity contribution is 7.88. The Labute approximate surface area is 119 Å². The maximum atomic E-state index is 12.1. The molecule has 0 unspecified atom stereocenters. The lowest BCUT2D eigenvalue weighted by Crippen LogP contribution is -2.43. The fraction of sp³-hybridized carbons (Fsp3) is 0.462. The molecule has 0 aliphatic heterocycles. The molecule has 1 atom stereocenters. The summed E-state index contributed by atoms with van der Waals surface area (Å²) in [6, 6.07) is 6.52. The van der Waals surface area contributed by atoms with Crippen molar-refractivity contribution in [3.8, 4) is 5.75 Å². The number of benzene rings is 1. The molecular weight excluding hydrogens is 280 g/mol. The summed E-state index contributed by atoms with van der Waals surface area (Å²) in [6.45, 7) is 2.05. The number of carbonyl (C=O) groups excluding carboxylic acids is 1. The molecule has 1 rings (SSSR count). The first-order valence-corrected chi connectivity index (χ1v) is 8.14. The lowest BCUT2D eigenvalue weighted by Gasteiger charge is -2.17. The summed E-state index contributed by atoms with van der Waals surface area (Å²) in [7, 11) is -1.73. The Morgan fingerprint density at radius 1 is 1.40 bits per heavy atom. The Kier molecular flexibility index (Phi) is 5.97. The molecule has 0 bridgehead atoms. The van der Waals surface area contributed by atoms with Crippen molar-refractivity contribution in [2.75, 3.05) is 19.9 Å². The van der Waals surface area contributed by atoms with Gasteiger partial charge in [-0.2, -0.15) is 0 Å². The molecule has 2 N–H and O–H groups in total. The SMILES string of the molecule is CC[C@H](CNS(C)(=O)=O)NC(=O)c1cccc(OC)c1. The fourth-order valence-corrected chi connectivity index (χ4v) is 2.09. The van der Waals surface area contributed by atoms with Gasteiger partial charge < -0.3 is 10.1 Å². The molecule has 0 saturated heterocycles. The number of ether oxygens (including phenoxy) is 1. The first-order valence-electron chi connectivity index (χ1n) is 6.25. The topological polar surface area (TPSA) is 84.5 Å². The molecule has 1 amide bonds. The second kappa shape index (κ2) is 7.25. The lowest BCUT2D eigenvalue weighted by atomic mass is 10.1. The number of rotatable bonds is 7. The summed E-state index contributed by atoms with van der Waals surface area (Å²) >= 11 is 0. The minimum absolute atomic E-state index is 0.172. The minimum Gasteiger partial charge on any atom is -0.497 e. The Hall–Kier alpha value is -1.60. The smallest absolute Gasteiger partial charge is 0.251 e. The Morgan fingerprint density at radius 3 is 2.65 bits per heavy atom. The second-order valence-electron chi connectivity index (χ2n) is 4.43. The van der Waals surface area contributed by atoms with Gasteiger partial charge in [0.1, 0.15) is 5.75 Å². The lowest BCUT2D eigenvalue weighted by molar-refractivity contribution is 0.0936. The van der Waals surface area contributed by atoms with Crippen LogP contribution in [0.1, 0.15) is 23.7 Å². The van der Waals surface area contributed by atoms with E-state index in [1.165, 1.54) is 7.11 Å². The van der Waals surface area contributed by atoms with Gasteiger partial charge in [0.15, 0.2) is 0 Å². The summed E-state index contributed by atoms with van der Waals surface area (Å²) in [5, 5.41) is 2.79. The predicted octanol–water partition coefficient (Wildman–Crippen LogP) is 0.753. The minimum atomic E-state index is -3.26. The van der Waals surface area contributed by atoms with Gasteiger partial charge in [-0.3, -0.25) is 4.79 Å². The van der Waals surface area contributed by atoms with Gasteiger partial charge >= 0.3 is 0 Å². The van der Waals surface area contributed by atoms with Crippen LogP contribution in [0.4, 0.5) is 0 Å². The molecule has 0 aromatic heterocycles. The maximum absolute atomic E-state index is 12.1. The van der Waals surface area contributed by atoms with Crippen molar-refractivity contribution in [2.45, 2.75) is 19.4 Å². The van der Waals surface area contributed by atoms with E-state index < -0.39 is 10.0 Å². The van der Waals surface area contributed by atoms with Gasteiger partial charge in [0.05, 0.1) is 13.4 Å². The average Bonchev–Trinajstić information content (AvgIpc) is 2.42. The molecule has 20 heavy (non-hydrogen) atoms. The summed E-state index contributed by atoms with van der Waals surface area (Å²) in [6.07, 6.45) is 1.71. The van der Waals surface area contributed by atoms with Crippen molar-refractivity contribution in [2.24, 2.45) is 0 Å². The van der Waals surface area contributed by atoms with E-state index in [9.17, 15) is 13.2 Å². The summed E-state index contributed by atoms with van der Waals surface area (Å²) in [5.74, 6) is 0.339.